The lowest BCUT2D eigenvalue weighted by atomic mass is 10.5. The van der Waals surface area contributed by atoms with E-state index in [0.29, 0.717) is 58.2 Å². The predicted molar refractivity (Wildman–Crippen MR) is 64.5 cm³/mol. The van der Waals surface area contributed by atoms with Gasteiger partial charge in [0.25, 0.3) is 0 Å². The molecular weight excluding hydrogens is 255 g/mol. The number of hydrogen-bond donors (Lipinski definition) is 0. The average molecular weight is 275 g/mol. The lowest BCUT2D eigenvalue weighted by Gasteiger charge is -2.06. The van der Waals surface area contributed by atoms with Gasteiger partial charge in [-0.25, -0.2) is 0 Å². The largest absolute Gasteiger partial charge is 0.380 e. The molecule has 0 fully saturated rings. The lowest BCUT2D eigenvalue weighted by molar-refractivity contribution is -0.0717. The van der Waals surface area contributed by atoms with Crippen molar-refractivity contribution >= 4 is 23.2 Å². The van der Waals surface area contributed by atoms with Gasteiger partial charge in [-0.15, -0.1) is 23.2 Å². The Morgan fingerprint density at radius 3 is 1.75 bits per heavy atom. The maximum absolute atomic E-state index is 5.44. The fraction of sp³-hybridized carbons (Fsp3) is 1.00. The molecule has 4 nitrogen and oxygen atoms in total. The summed E-state index contributed by atoms with van der Waals surface area (Å²) < 4.78 is 20.6. The molecule has 0 aromatic heterocycles. The molecule has 0 aliphatic rings. The van der Waals surface area contributed by atoms with Gasteiger partial charge >= 0.3 is 0 Å². The van der Waals surface area contributed by atoms with Gasteiger partial charge in [0.15, 0.2) is 0 Å². The summed E-state index contributed by atoms with van der Waals surface area (Å²) in [4.78, 5) is 0. The van der Waals surface area contributed by atoms with E-state index in [1.165, 1.54) is 0 Å². The molecule has 0 bridgehead atoms. The molecular formula is C10H20Cl2O4. The highest BCUT2D eigenvalue weighted by Crippen LogP contribution is 1.88. The maximum atomic E-state index is 5.44. The quantitative estimate of drug-likeness (QED) is 0.292. The van der Waals surface area contributed by atoms with Gasteiger partial charge in [0.05, 0.1) is 33.0 Å². The monoisotopic (exact) mass is 274 g/mol. The second kappa shape index (κ2) is 15.4. The van der Waals surface area contributed by atoms with Crippen LogP contribution in [0, 0.1) is 0 Å². The van der Waals surface area contributed by atoms with E-state index in [4.69, 9.17) is 42.1 Å². The Bertz CT molecular complexity index is 113. The molecule has 6 heteroatoms. The number of ether oxygens (including phenoxy) is 4. The number of alkyl halides is 2. The van der Waals surface area contributed by atoms with Crippen molar-refractivity contribution in [3.05, 3.63) is 0 Å². The Kier molecular flexibility index (Phi) is 15.8. The van der Waals surface area contributed by atoms with E-state index in [1.807, 2.05) is 0 Å². The van der Waals surface area contributed by atoms with Crippen LogP contribution >= 0.6 is 23.2 Å². The molecule has 0 amide bonds. The van der Waals surface area contributed by atoms with Gasteiger partial charge in [0, 0.05) is 18.4 Å². The average Bonchev–Trinajstić information content (AvgIpc) is 2.31. The van der Waals surface area contributed by atoms with Crippen molar-refractivity contribution in [3.8, 4) is 0 Å². The van der Waals surface area contributed by atoms with E-state index < -0.39 is 0 Å². The molecule has 0 aromatic carbocycles. The van der Waals surface area contributed by atoms with Crippen molar-refractivity contribution < 1.29 is 18.9 Å². The van der Waals surface area contributed by atoms with Crippen LogP contribution in [0.1, 0.15) is 6.42 Å². The van der Waals surface area contributed by atoms with Gasteiger partial charge in [0.2, 0.25) is 0 Å². The molecule has 0 rings (SSSR count). The van der Waals surface area contributed by atoms with E-state index in [0.717, 1.165) is 6.42 Å². The number of rotatable bonds is 13. The zero-order chi connectivity index (χ0) is 11.9. The highest BCUT2D eigenvalue weighted by atomic mass is 35.5. The van der Waals surface area contributed by atoms with Crippen LogP contribution in [0.5, 0.6) is 0 Å². The topological polar surface area (TPSA) is 36.9 Å². The second-order valence-electron chi connectivity index (χ2n) is 2.89. The summed E-state index contributed by atoms with van der Waals surface area (Å²) in [5.74, 6) is 1.05. The molecule has 0 aliphatic heterocycles. The third-order valence-corrected chi connectivity index (χ3v) is 1.87. The zero-order valence-corrected chi connectivity index (χ0v) is 11.0. The summed E-state index contributed by atoms with van der Waals surface area (Å²) in [5, 5.41) is 0. The molecule has 0 radical (unpaired) electrons. The van der Waals surface area contributed by atoms with Gasteiger partial charge in [-0.2, -0.15) is 0 Å². The van der Waals surface area contributed by atoms with Crippen molar-refractivity contribution in [1.29, 1.82) is 0 Å². The Morgan fingerprint density at radius 1 is 0.562 bits per heavy atom. The van der Waals surface area contributed by atoms with Crippen molar-refractivity contribution in [1.82, 2.24) is 0 Å². The highest BCUT2D eigenvalue weighted by Gasteiger charge is 1.91. The van der Waals surface area contributed by atoms with Gasteiger partial charge in [0.1, 0.15) is 6.79 Å². The summed E-state index contributed by atoms with van der Waals surface area (Å²) >= 11 is 10.9. The van der Waals surface area contributed by atoms with Crippen LogP contribution in [-0.2, 0) is 18.9 Å². The molecule has 0 saturated heterocycles. The van der Waals surface area contributed by atoms with Crippen LogP contribution < -0.4 is 0 Å². The molecule has 0 aliphatic carbocycles. The van der Waals surface area contributed by atoms with E-state index in [1.54, 1.807) is 0 Å². The third kappa shape index (κ3) is 14.4. The fourth-order valence-corrected chi connectivity index (χ4v) is 1.09. The minimum Gasteiger partial charge on any atom is -0.380 e. The van der Waals surface area contributed by atoms with Crippen LogP contribution in [0.15, 0.2) is 0 Å². The van der Waals surface area contributed by atoms with Gasteiger partial charge in [-0.1, -0.05) is 0 Å². The molecule has 0 N–H and O–H groups in total. The first-order valence-corrected chi connectivity index (χ1v) is 6.41. The minimum absolute atomic E-state index is 0.291. The van der Waals surface area contributed by atoms with E-state index in [9.17, 15) is 0 Å². The van der Waals surface area contributed by atoms with E-state index in [2.05, 4.69) is 0 Å². The smallest absolute Gasteiger partial charge is 0.146 e. The van der Waals surface area contributed by atoms with Crippen LogP contribution in [0.25, 0.3) is 0 Å². The van der Waals surface area contributed by atoms with Crippen molar-refractivity contribution in [3.63, 3.8) is 0 Å². The summed E-state index contributed by atoms with van der Waals surface area (Å²) in [7, 11) is 0. The summed E-state index contributed by atoms with van der Waals surface area (Å²) in [6, 6.07) is 0. The minimum atomic E-state index is 0.291. The number of hydrogen-bond acceptors (Lipinski definition) is 4. The molecule has 0 spiro atoms. The third-order valence-electron chi connectivity index (χ3n) is 1.56. The Balaban J connectivity index is 2.83. The predicted octanol–water partition coefficient (Wildman–Crippen LogP) is 1.88. The summed E-state index contributed by atoms with van der Waals surface area (Å²) in [5.41, 5.74) is 0. The van der Waals surface area contributed by atoms with Crippen LogP contribution in [0.3, 0.4) is 0 Å². The van der Waals surface area contributed by atoms with Crippen molar-refractivity contribution in [2.75, 3.05) is 58.2 Å². The highest BCUT2D eigenvalue weighted by molar-refractivity contribution is 6.18. The number of halogens is 2. The molecule has 0 saturated carbocycles. The summed E-state index contributed by atoms with van der Waals surface area (Å²) in [6.45, 7) is 3.82. The molecule has 0 atom stereocenters. The normalized spacial score (nSPS) is 10.9. The molecule has 98 valence electrons. The Labute approximate surface area is 107 Å². The lowest BCUT2D eigenvalue weighted by Crippen LogP contribution is -2.09. The molecule has 0 aromatic rings. The van der Waals surface area contributed by atoms with Gasteiger partial charge < -0.3 is 18.9 Å². The Hall–Kier alpha value is 0.420. The van der Waals surface area contributed by atoms with E-state index in [-0.39, 0.29) is 0 Å². The van der Waals surface area contributed by atoms with Crippen LogP contribution in [-0.4, -0.2) is 58.2 Å². The summed E-state index contributed by atoms with van der Waals surface area (Å²) in [6.07, 6.45) is 0.850. The van der Waals surface area contributed by atoms with E-state index >= 15 is 0 Å². The van der Waals surface area contributed by atoms with Crippen molar-refractivity contribution in [2.45, 2.75) is 6.42 Å². The fourth-order valence-electron chi connectivity index (χ4n) is 0.871. The van der Waals surface area contributed by atoms with Gasteiger partial charge in [-0.05, 0) is 6.42 Å². The molecule has 0 unspecified atom stereocenters. The zero-order valence-electron chi connectivity index (χ0n) is 9.46. The Morgan fingerprint density at radius 2 is 1.06 bits per heavy atom. The van der Waals surface area contributed by atoms with Crippen molar-refractivity contribution in [2.24, 2.45) is 0 Å². The van der Waals surface area contributed by atoms with Gasteiger partial charge in [-0.3, -0.25) is 0 Å². The van der Waals surface area contributed by atoms with Crippen LogP contribution in [0.2, 0.25) is 0 Å². The first-order chi connectivity index (χ1) is 7.91. The first-order valence-electron chi connectivity index (χ1n) is 5.34. The van der Waals surface area contributed by atoms with Crippen LogP contribution in [0.4, 0.5) is 0 Å². The SMILES string of the molecule is ClCCOCCCOCOCCOCCCl. The maximum Gasteiger partial charge on any atom is 0.146 e. The molecule has 16 heavy (non-hydrogen) atoms. The standard InChI is InChI=1S/C10H20Cl2O4/c11-2-6-13-4-1-5-15-10-16-9-8-14-7-3-12/h1-10H2. The second-order valence-corrected chi connectivity index (χ2v) is 3.65. The first kappa shape index (κ1) is 16.4. The molecule has 0 heterocycles.